The maximum absolute atomic E-state index is 13.2. The molecule has 4 aromatic carbocycles. The van der Waals surface area contributed by atoms with E-state index in [9.17, 15) is 14.4 Å². The minimum atomic E-state index is -0.478. The molecule has 0 bridgehead atoms. The first-order valence-electron chi connectivity index (χ1n) is 13.2. The third-order valence-corrected chi connectivity index (χ3v) is 7.57. The van der Waals surface area contributed by atoms with Gasteiger partial charge in [0.15, 0.2) is 0 Å². The molecule has 0 aliphatic rings. The summed E-state index contributed by atoms with van der Waals surface area (Å²) in [5.74, 6) is -0.258. The maximum atomic E-state index is 13.2. The van der Waals surface area contributed by atoms with Crippen LogP contribution in [0.25, 0.3) is 6.08 Å². The van der Waals surface area contributed by atoms with Crippen molar-refractivity contribution in [2.24, 2.45) is 0 Å². The second-order valence-electron chi connectivity index (χ2n) is 9.20. The molecule has 4 rings (SSSR count). The van der Waals surface area contributed by atoms with Crippen LogP contribution >= 0.6 is 23.4 Å². The molecule has 0 saturated carbocycles. The lowest BCUT2D eigenvalue weighted by Crippen LogP contribution is -2.30. The zero-order valence-corrected chi connectivity index (χ0v) is 25.3. The molecule has 0 aliphatic heterocycles. The summed E-state index contributed by atoms with van der Waals surface area (Å²) in [4.78, 5) is 39.8. The Morgan fingerprint density at radius 2 is 1.44 bits per heavy atom. The summed E-state index contributed by atoms with van der Waals surface area (Å²) in [6.07, 6.45) is 1.62. The zero-order chi connectivity index (χ0) is 30.8. The molecule has 1 atom stereocenters. The minimum absolute atomic E-state index is 0.0952. The number of amides is 3. The number of methoxy groups -OCH3 is 2. The summed E-state index contributed by atoms with van der Waals surface area (Å²) >= 11 is 7.57. The SMILES string of the molecule is COc1cc(OC)c(NC(=O)C(C)Sc2ccc(NC(=O)C(=Cc3ccccc3)NC(=O)c3ccccc3)cc2)cc1Cl. The topological polar surface area (TPSA) is 106 Å². The predicted octanol–water partition coefficient (Wildman–Crippen LogP) is 6.89. The minimum Gasteiger partial charge on any atom is -0.495 e. The fraction of sp³-hybridized carbons (Fsp3) is 0.121. The van der Waals surface area contributed by atoms with Gasteiger partial charge in [-0.15, -0.1) is 11.8 Å². The van der Waals surface area contributed by atoms with E-state index in [1.165, 1.54) is 26.0 Å². The highest BCUT2D eigenvalue weighted by Crippen LogP contribution is 2.36. The summed E-state index contributed by atoms with van der Waals surface area (Å²) in [5.41, 5.74) is 2.24. The van der Waals surface area contributed by atoms with Crippen molar-refractivity contribution in [1.29, 1.82) is 0 Å². The molecule has 0 aliphatic carbocycles. The fourth-order valence-electron chi connectivity index (χ4n) is 3.92. The highest BCUT2D eigenvalue weighted by molar-refractivity contribution is 8.00. The molecule has 0 saturated heterocycles. The summed E-state index contributed by atoms with van der Waals surface area (Å²) in [6, 6.07) is 28.2. The van der Waals surface area contributed by atoms with Gasteiger partial charge in [-0.2, -0.15) is 0 Å². The van der Waals surface area contributed by atoms with Gasteiger partial charge >= 0.3 is 0 Å². The van der Waals surface area contributed by atoms with Crippen molar-refractivity contribution in [3.63, 3.8) is 0 Å². The van der Waals surface area contributed by atoms with Crippen molar-refractivity contribution >= 4 is 58.5 Å². The molecule has 4 aromatic rings. The lowest BCUT2D eigenvalue weighted by Gasteiger charge is -2.16. The average molecular weight is 616 g/mol. The number of thioether (sulfide) groups is 1. The van der Waals surface area contributed by atoms with Gasteiger partial charge in [0.25, 0.3) is 11.8 Å². The zero-order valence-electron chi connectivity index (χ0n) is 23.7. The van der Waals surface area contributed by atoms with E-state index in [1.54, 1.807) is 73.7 Å². The number of carbonyl (C=O) groups excluding carboxylic acids is 3. The van der Waals surface area contributed by atoms with Crippen LogP contribution in [0.2, 0.25) is 5.02 Å². The standard InChI is InChI=1S/C33H30ClN3O5S/c1-21(31(38)36-27-19-26(34)29(41-2)20-30(27)42-3)43-25-16-14-24(15-17-25)35-33(40)28(18-22-10-6-4-7-11-22)37-32(39)23-12-8-5-9-13-23/h4-21H,1-3H3,(H,35,40)(H,36,38)(H,37,39). The molecule has 1 unspecified atom stereocenters. The van der Waals surface area contributed by atoms with Crippen LogP contribution in [0, 0.1) is 0 Å². The van der Waals surface area contributed by atoms with Crippen molar-refractivity contribution in [3.8, 4) is 11.5 Å². The molecule has 0 heterocycles. The Labute approximate surface area is 259 Å². The number of hydrogen-bond acceptors (Lipinski definition) is 6. The smallest absolute Gasteiger partial charge is 0.272 e. The summed E-state index contributed by atoms with van der Waals surface area (Å²) in [5, 5.41) is 8.30. The molecule has 220 valence electrons. The van der Waals surface area contributed by atoms with Gasteiger partial charge in [0, 0.05) is 22.2 Å². The van der Waals surface area contributed by atoms with E-state index in [2.05, 4.69) is 16.0 Å². The molecular weight excluding hydrogens is 586 g/mol. The average Bonchev–Trinajstić information content (AvgIpc) is 3.02. The molecule has 10 heteroatoms. The first-order chi connectivity index (χ1) is 20.8. The first-order valence-corrected chi connectivity index (χ1v) is 14.5. The number of halogens is 1. The Hall–Kier alpha value is -4.73. The lowest BCUT2D eigenvalue weighted by atomic mass is 10.1. The monoisotopic (exact) mass is 615 g/mol. The molecule has 0 aromatic heterocycles. The van der Waals surface area contributed by atoms with Crippen LogP contribution in [0.1, 0.15) is 22.8 Å². The van der Waals surface area contributed by atoms with E-state index in [0.717, 1.165) is 10.5 Å². The van der Waals surface area contributed by atoms with E-state index in [4.69, 9.17) is 21.1 Å². The number of rotatable bonds is 11. The molecule has 0 fully saturated rings. The van der Waals surface area contributed by atoms with Gasteiger partial charge in [-0.3, -0.25) is 14.4 Å². The summed E-state index contributed by atoms with van der Waals surface area (Å²) in [6.45, 7) is 1.78. The Balaban J connectivity index is 1.41. The van der Waals surface area contributed by atoms with Crippen molar-refractivity contribution < 1.29 is 23.9 Å². The number of nitrogens with one attached hydrogen (secondary N) is 3. The Bertz CT molecular complexity index is 1610. The van der Waals surface area contributed by atoms with Crippen molar-refractivity contribution in [2.75, 3.05) is 24.9 Å². The normalized spacial score (nSPS) is 11.7. The van der Waals surface area contributed by atoms with Crippen LogP contribution in [0.3, 0.4) is 0 Å². The number of benzene rings is 4. The molecule has 43 heavy (non-hydrogen) atoms. The third-order valence-electron chi connectivity index (χ3n) is 6.17. The Morgan fingerprint density at radius 3 is 2.07 bits per heavy atom. The number of carbonyl (C=O) groups is 3. The second kappa shape index (κ2) is 14.9. The van der Waals surface area contributed by atoms with Crippen molar-refractivity contribution in [2.45, 2.75) is 17.1 Å². The first kappa shape index (κ1) is 31.2. The highest BCUT2D eigenvalue weighted by Gasteiger charge is 2.19. The quantitative estimate of drug-likeness (QED) is 0.125. The van der Waals surface area contributed by atoms with Crippen LogP contribution in [0.15, 0.2) is 108 Å². The van der Waals surface area contributed by atoms with Gasteiger partial charge in [-0.1, -0.05) is 60.1 Å². The molecule has 3 N–H and O–H groups in total. The van der Waals surface area contributed by atoms with E-state index in [-0.39, 0.29) is 11.6 Å². The summed E-state index contributed by atoms with van der Waals surface area (Å²) in [7, 11) is 2.99. The molecule has 0 spiro atoms. The van der Waals surface area contributed by atoms with Crippen LogP contribution in [-0.4, -0.2) is 37.2 Å². The molecular formula is C33H30ClN3O5S. The third kappa shape index (κ3) is 8.64. The predicted molar refractivity (Wildman–Crippen MR) is 172 cm³/mol. The maximum Gasteiger partial charge on any atom is 0.272 e. The van der Waals surface area contributed by atoms with Gasteiger partial charge in [-0.05, 0) is 61.0 Å². The van der Waals surface area contributed by atoms with Crippen molar-refractivity contribution in [3.05, 3.63) is 119 Å². The van der Waals surface area contributed by atoms with Crippen molar-refractivity contribution in [1.82, 2.24) is 5.32 Å². The Morgan fingerprint density at radius 1 is 0.814 bits per heavy atom. The van der Waals surface area contributed by atoms with Crippen LogP contribution in [-0.2, 0) is 9.59 Å². The number of ether oxygens (including phenoxy) is 2. The van der Waals surface area contributed by atoms with Crippen LogP contribution < -0.4 is 25.4 Å². The van der Waals surface area contributed by atoms with Crippen LogP contribution in [0.4, 0.5) is 11.4 Å². The molecule has 0 radical (unpaired) electrons. The molecule has 8 nitrogen and oxygen atoms in total. The Kier molecular flexibility index (Phi) is 10.9. The lowest BCUT2D eigenvalue weighted by molar-refractivity contribution is -0.115. The van der Waals surface area contributed by atoms with E-state index >= 15 is 0 Å². The van der Waals surface area contributed by atoms with Gasteiger partial charge < -0.3 is 25.4 Å². The largest absolute Gasteiger partial charge is 0.495 e. The molecule has 3 amide bonds. The number of anilines is 2. The van der Waals surface area contributed by atoms with E-state index < -0.39 is 17.1 Å². The van der Waals surface area contributed by atoms with E-state index in [0.29, 0.717) is 33.5 Å². The van der Waals surface area contributed by atoms with Gasteiger partial charge in [0.05, 0.1) is 30.2 Å². The summed E-state index contributed by atoms with van der Waals surface area (Å²) < 4.78 is 10.6. The van der Waals surface area contributed by atoms with Gasteiger partial charge in [0.1, 0.15) is 17.2 Å². The highest BCUT2D eigenvalue weighted by atomic mass is 35.5. The van der Waals surface area contributed by atoms with Gasteiger partial charge in [-0.25, -0.2) is 0 Å². The fourth-order valence-corrected chi connectivity index (χ4v) is 5.03. The van der Waals surface area contributed by atoms with Crippen LogP contribution in [0.5, 0.6) is 11.5 Å². The van der Waals surface area contributed by atoms with E-state index in [1.807, 2.05) is 36.4 Å². The number of hydrogen-bond donors (Lipinski definition) is 3. The second-order valence-corrected chi connectivity index (χ2v) is 11.0. The van der Waals surface area contributed by atoms with Gasteiger partial charge in [0.2, 0.25) is 5.91 Å².